The number of rotatable bonds is 3. The highest BCUT2D eigenvalue weighted by molar-refractivity contribution is 6.76. The zero-order chi connectivity index (χ0) is 11.5. The molecule has 0 heterocycles. The molecule has 0 spiro atoms. The molecule has 0 aliphatic rings. The number of benzene rings is 1. The number of nitriles is 1. The third kappa shape index (κ3) is 3.69. The van der Waals surface area contributed by atoms with Gasteiger partial charge in [-0.2, -0.15) is 5.26 Å². The molecule has 1 rings (SSSR count). The molecule has 0 fully saturated rings. The van der Waals surface area contributed by atoms with Crippen molar-refractivity contribution >= 4 is 19.7 Å². The van der Waals surface area contributed by atoms with Gasteiger partial charge in [0.15, 0.2) is 0 Å². The molecule has 0 saturated carbocycles. The van der Waals surface area contributed by atoms with E-state index >= 15 is 0 Å². The van der Waals surface area contributed by atoms with Crippen molar-refractivity contribution < 1.29 is 0 Å². The van der Waals surface area contributed by atoms with Crippen LogP contribution in [0.5, 0.6) is 0 Å². The zero-order valence-corrected chi connectivity index (χ0v) is 11.2. The summed E-state index contributed by atoms with van der Waals surface area (Å²) in [6.07, 6.45) is 0. The van der Waals surface area contributed by atoms with E-state index in [1.54, 1.807) is 0 Å². The number of nitrogens with zero attached hydrogens (tertiary/aromatic N) is 1. The van der Waals surface area contributed by atoms with Gasteiger partial charge in [-0.1, -0.05) is 49.4 Å². The Morgan fingerprint density at radius 1 is 1.33 bits per heavy atom. The summed E-state index contributed by atoms with van der Waals surface area (Å²) in [5.41, 5.74) is 0.976. The SMILES string of the molecule is C[Si](C)(C)CC(C#N)c1ccccc1Cl. The summed E-state index contributed by atoms with van der Waals surface area (Å²) in [7, 11) is -1.23. The first-order valence-electron chi connectivity index (χ1n) is 5.08. The fourth-order valence-electron chi connectivity index (χ4n) is 1.60. The lowest BCUT2D eigenvalue weighted by molar-refractivity contribution is 0.953. The summed E-state index contributed by atoms with van der Waals surface area (Å²) in [5.74, 6) is -0.0506. The van der Waals surface area contributed by atoms with Crippen LogP contribution in [0.2, 0.25) is 30.7 Å². The molecule has 3 heteroatoms. The quantitative estimate of drug-likeness (QED) is 0.720. The van der Waals surface area contributed by atoms with Gasteiger partial charge in [0.25, 0.3) is 0 Å². The van der Waals surface area contributed by atoms with E-state index in [4.69, 9.17) is 11.6 Å². The van der Waals surface area contributed by atoms with Crippen LogP contribution >= 0.6 is 11.6 Å². The molecule has 0 aromatic heterocycles. The van der Waals surface area contributed by atoms with Gasteiger partial charge in [0.1, 0.15) is 0 Å². The minimum absolute atomic E-state index is 0.0506. The first kappa shape index (κ1) is 12.3. The Labute approximate surface area is 97.7 Å². The highest BCUT2D eigenvalue weighted by Crippen LogP contribution is 2.30. The van der Waals surface area contributed by atoms with E-state index in [0.717, 1.165) is 11.6 Å². The van der Waals surface area contributed by atoms with Crippen molar-refractivity contribution in [2.45, 2.75) is 31.6 Å². The van der Waals surface area contributed by atoms with Crippen molar-refractivity contribution in [3.8, 4) is 6.07 Å². The Bertz CT molecular complexity index is 376. The van der Waals surface area contributed by atoms with Crippen LogP contribution in [0.25, 0.3) is 0 Å². The van der Waals surface area contributed by atoms with Gasteiger partial charge < -0.3 is 0 Å². The van der Waals surface area contributed by atoms with Crippen molar-refractivity contribution in [3.63, 3.8) is 0 Å². The molecule has 0 aliphatic carbocycles. The van der Waals surface area contributed by atoms with E-state index < -0.39 is 8.07 Å². The molecule has 1 nitrogen and oxygen atoms in total. The van der Waals surface area contributed by atoms with Crippen molar-refractivity contribution in [1.82, 2.24) is 0 Å². The minimum atomic E-state index is -1.23. The number of halogens is 1. The Balaban J connectivity index is 2.95. The molecule has 0 saturated heterocycles. The second kappa shape index (κ2) is 4.83. The normalized spacial score (nSPS) is 13.3. The fraction of sp³-hybridized carbons (Fsp3) is 0.417. The summed E-state index contributed by atoms with van der Waals surface area (Å²) in [6.45, 7) is 6.82. The monoisotopic (exact) mass is 237 g/mol. The van der Waals surface area contributed by atoms with E-state index in [1.165, 1.54) is 0 Å². The molecule has 0 bridgehead atoms. The highest BCUT2D eigenvalue weighted by atomic mass is 35.5. The molecule has 1 atom stereocenters. The second-order valence-corrected chi connectivity index (χ2v) is 10.9. The molecular formula is C12H16ClNSi. The lowest BCUT2D eigenvalue weighted by atomic mass is 10.0. The van der Waals surface area contributed by atoms with E-state index in [-0.39, 0.29) is 5.92 Å². The lowest BCUT2D eigenvalue weighted by Crippen LogP contribution is -2.22. The van der Waals surface area contributed by atoms with Crippen molar-refractivity contribution in [2.24, 2.45) is 0 Å². The van der Waals surface area contributed by atoms with Crippen LogP contribution in [-0.2, 0) is 0 Å². The maximum atomic E-state index is 9.18. The van der Waals surface area contributed by atoms with E-state index in [0.29, 0.717) is 5.02 Å². The summed E-state index contributed by atoms with van der Waals surface area (Å²) < 4.78 is 0. The smallest absolute Gasteiger partial charge is 0.0703 e. The molecule has 0 aliphatic heterocycles. The third-order valence-electron chi connectivity index (χ3n) is 2.25. The molecule has 15 heavy (non-hydrogen) atoms. The number of hydrogen-bond donors (Lipinski definition) is 0. The predicted octanol–water partition coefficient (Wildman–Crippen LogP) is 4.29. The Morgan fingerprint density at radius 2 is 1.93 bits per heavy atom. The molecule has 0 N–H and O–H groups in total. The zero-order valence-electron chi connectivity index (χ0n) is 9.42. The molecule has 80 valence electrons. The topological polar surface area (TPSA) is 23.8 Å². The summed E-state index contributed by atoms with van der Waals surface area (Å²) >= 11 is 6.09. The third-order valence-corrected chi connectivity index (χ3v) is 4.23. The predicted molar refractivity (Wildman–Crippen MR) is 68.0 cm³/mol. The molecule has 1 unspecified atom stereocenters. The van der Waals surface area contributed by atoms with Crippen LogP contribution in [0.4, 0.5) is 0 Å². The van der Waals surface area contributed by atoms with Gasteiger partial charge in [-0.15, -0.1) is 0 Å². The maximum absolute atomic E-state index is 9.18. The fourth-order valence-corrected chi connectivity index (χ4v) is 3.40. The van der Waals surface area contributed by atoms with Gasteiger partial charge in [0.2, 0.25) is 0 Å². The standard InChI is InChI=1S/C12H16ClNSi/c1-15(2,3)9-10(8-14)11-6-4-5-7-12(11)13/h4-7,10H,9H2,1-3H3. The van der Waals surface area contributed by atoms with Gasteiger partial charge in [-0.25, -0.2) is 0 Å². The van der Waals surface area contributed by atoms with Gasteiger partial charge in [0.05, 0.1) is 12.0 Å². The van der Waals surface area contributed by atoms with E-state index in [2.05, 4.69) is 25.7 Å². The second-order valence-electron chi connectivity index (χ2n) is 4.97. The molecule has 1 aromatic carbocycles. The number of hydrogen-bond acceptors (Lipinski definition) is 1. The van der Waals surface area contributed by atoms with Crippen molar-refractivity contribution in [1.29, 1.82) is 5.26 Å². The molecule has 0 amide bonds. The molecule has 0 radical (unpaired) electrons. The minimum Gasteiger partial charge on any atom is -0.198 e. The Hall–Kier alpha value is -0.783. The van der Waals surface area contributed by atoms with Crippen LogP contribution in [0.1, 0.15) is 11.5 Å². The molecule has 1 aromatic rings. The summed E-state index contributed by atoms with van der Waals surface area (Å²) in [5, 5.41) is 9.89. The van der Waals surface area contributed by atoms with Crippen LogP contribution in [0.3, 0.4) is 0 Å². The average Bonchev–Trinajstić information content (AvgIpc) is 2.14. The highest BCUT2D eigenvalue weighted by Gasteiger charge is 2.22. The lowest BCUT2D eigenvalue weighted by Gasteiger charge is -2.20. The van der Waals surface area contributed by atoms with Crippen LogP contribution in [0, 0.1) is 11.3 Å². The molecular weight excluding hydrogens is 222 g/mol. The first-order valence-corrected chi connectivity index (χ1v) is 9.16. The Kier molecular flexibility index (Phi) is 3.95. The average molecular weight is 238 g/mol. The van der Waals surface area contributed by atoms with E-state index in [1.807, 2.05) is 24.3 Å². The van der Waals surface area contributed by atoms with Gasteiger partial charge in [0, 0.05) is 13.1 Å². The largest absolute Gasteiger partial charge is 0.198 e. The van der Waals surface area contributed by atoms with Crippen molar-refractivity contribution in [3.05, 3.63) is 34.9 Å². The van der Waals surface area contributed by atoms with Crippen LogP contribution in [-0.4, -0.2) is 8.07 Å². The summed E-state index contributed by atoms with van der Waals surface area (Å²) in [6, 6.07) is 11.0. The first-order chi connectivity index (χ1) is 6.94. The van der Waals surface area contributed by atoms with Crippen LogP contribution in [0.15, 0.2) is 24.3 Å². The van der Waals surface area contributed by atoms with Crippen molar-refractivity contribution in [2.75, 3.05) is 0 Å². The maximum Gasteiger partial charge on any atom is 0.0703 e. The van der Waals surface area contributed by atoms with Crippen LogP contribution < -0.4 is 0 Å². The van der Waals surface area contributed by atoms with Gasteiger partial charge >= 0.3 is 0 Å². The van der Waals surface area contributed by atoms with Gasteiger partial charge in [-0.3, -0.25) is 0 Å². The van der Waals surface area contributed by atoms with E-state index in [9.17, 15) is 5.26 Å². The Morgan fingerprint density at radius 3 is 2.40 bits per heavy atom. The van der Waals surface area contributed by atoms with Gasteiger partial charge in [-0.05, 0) is 17.7 Å². The summed E-state index contributed by atoms with van der Waals surface area (Å²) in [4.78, 5) is 0.